The van der Waals surface area contributed by atoms with Crippen LogP contribution in [0.1, 0.15) is 28.8 Å². The molecule has 1 amide bonds. The Bertz CT molecular complexity index is 937. The highest BCUT2D eigenvalue weighted by molar-refractivity contribution is 7.99. The molecule has 0 aliphatic carbocycles. The number of sulfonamides is 1. The van der Waals surface area contributed by atoms with Crippen molar-refractivity contribution in [3.63, 3.8) is 0 Å². The Balaban J connectivity index is 1.85. The Kier molecular flexibility index (Phi) is 6.51. The molecule has 28 heavy (non-hydrogen) atoms. The summed E-state index contributed by atoms with van der Waals surface area (Å²) in [4.78, 5) is 12.5. The molecule has 6 nitrogen and oxygen atoms in total. The summed E-state index contributed by atoms with van der Waals surface area (Å²) in [6.45, 7) is 1.92. The van der Waals surface area contributed by atoms with Gasteiger partial charge < -0.3 is 10.1 Å². The standard InChI is InChI=1S/C20H24N2O4S2/c1-14-3-6-17(7-4-14)22-28(24,25)19-13-15(5-8-18(19)26-2)20(23)21-16-9-11-27-12-10-16/h3-8,13,16,22H,9-12H2,1-2H3,(H,21,23). The van der Waals surface area contributed by atoms with Gasteiger partial charge in [0.15, 0.2) is 0 Å². The van der Waals surface area contributed by atoms with Gasteiger partial charge in [0.25, 0.3) is 15.9 Å². The van der Waals surface area contributed by atoms with E-state index < -0.39 is 10.0 Å². The Morgan fingerprint density at radius 1 is 1.11 bits per heavy atom. The third-order valence-electron chi connectivity index (χ3n) is 4.58. The fourth-order valence-corrected chi connectivity index (χ4v) is 5.33. The van der Waals surface area contributed by atoms with Crippen molar-refractivity contribution in [3.05, 3.63) is 53.6 Å². The van der Waals surface area contributed by atoms with Gasteiger partial charge in [0.1, 0.15) is 10.6 Å². The van der Waals surface area contributed by atoms with Crippen molar-refractivity contribution in [3.8, 4) is 5.75 Å². The Hall–Kier alpha value is -2.19. The molecule has 0 bridgehead atoms. The van der Waals surface area contributed by atoms with Crippen molar-refractivity contribution in [2.45, 2.75) is 30.7 Å². The first-order valence-electron chi connectivity index (χ1n) is 9.05. The lowest BCUT2D eigenvalue weighted by Crippen LogP contribution is -2.37. The molecule has 8 heteroatoms. The first-order valence-corrected chi connectivity index (χ1v) is 11.7. The molecule has 0 aromatic heterocycles. The van der Waals surface area contributed by atoms with E-state index >= 15 is 0 Å². The number of hydrogen-bond acceptors (Lipinski definition) is 5. The van der Waals surface area contributed by atoms with Gasteiger partial charge in [-0.05, 0) is 61.6 Å². The Morgan fingerprint density at radius 3 is 2.43 bits per heavy atom. The zero-order chi connectivity index (χ0) is 20.1. The molecule has 1 fully saturated rings. The van der Waals surface area contributed by atoms with Crippen LogP contribution in [0.4, 0.5) is 5.69 Å². The second kappa shape index (κ2) is 8.87. The van der Waals surface area contributed by atoms with Crippen LogP contribution in [0.15, 0.2) is 47.4 Å². The van der Waals surface area contributed by atoms with Crippen molar-refractivity contribution in [1.82, 2.24) is 5.32 Å². The van der Waals surface area contributed by atoms with Crippen LogP contribution in [0.5, 0.6) is 5.75 Å². The number of thioether (sulfide) groups is 1. The number of nitrogens with one attached hydrogen (secondary N) is 2. The summed E-state index contributed by atoms with van der Waals surface area (Å²) >= 11 is 1.88. The number of carbonyl (C=O) groups is 1. The van der Waals surface area contributed by atoms with E-state index in [-0.39, 0.29) is 22.6 Å². The first kappa shape index (κ1) is 20.5. The molecule has 1 aliphatic heterocycles. The molecule has 0 unspecified atom stereocenters. The van der Waals surface area contributed by atoms with Crippen LogP contribution in [-0.2, 0) is 10.0 Å². The molecule has 2 N–H and O–H groups in total. The van der Waals surface area contributed by atoms with Gasteiger partial charge in [0, 0.05) is 17.3 Å². The topological polar surface area (TPSA) is 84.5 Å². The van der Waals surface area contributed by atoms with E-state index in [1.54, 1.807) is 18.2 Å². The average Bonchev–Trinajstić information content (AvgIpc) is 2.70. The normalized spacial score (nSPS) is 15.1. The average molecular weight is 421 g/mol. The summed E-state index contributed by atoms with van der Waals surface area (Å²) in [5.41, 5.74) is 1.77. The smallest absolute Gasteiger partial charge is 0.265 e. The third kappa shape index (κ3) is 4.99. The van der Waals surface area contributed by atoms with Crippen LogP contribution in [0.3, 0.4) is 0 Å². The molecule has 1 saturated heterocycles. The van der Waals surface area contributed by atoms with Crippen LogP contribution in [-0.4, -0.2) is 39.0 Å². The fourth-order valence-electron chi connectivity index (χ4n) is 2.97. The van der Waals surface area contributed by atoms with E-state index in [0.717, 1.165) is 29.9 Å². The molecule has 0 radical (unpaired) electrons. The molecule has 0 saturated carbocycles. The number of ether oxygens (including phenoxy) is 1. The molecule has 0 spiro atoms. The maximum absolute atomic E-state index is 12.9. The predicted octanol–water partition coefficient (Wildman–Crippen LogP) is 3.43. The molecule has 2 aromatic carbocycles. The molecule has 1 aliphatic rings. The molecule has 3 rings (SSSR count). The van der Waals surface area contributed by atoms with Crippen LogP contribution in [0.2, 0.25) is 0 Å². The minimum absolute atomic E-state index is 0.0672. The highest BCUT2D eigenvalue weighted by Gasteiger charge is 2.23. The zero-order valence-electron chi connectivity index (χ0n) is 15.9. The number of methoxy groups -OCH3 is 1. The van der Waals surface area contributed by atoms with Gasteiger partial charge in [-0.25, -0.2) is 8.42 Å². The summed E-state index contributed by atoms with van der Waals surface area (Å²) in [7, 11) is -2.51. The lowest BCUT2D eigenvalue weighted by Gasteiger charge is -2.22. The van der Waals surface area contributed by atoms with E-state index in [2.05, 4.69) is 10.0 Å². The quantitative estimate of drug-likeness (QED) is 0.748. The summed E-state index contributed by atoms with van der Waals surface area (Å²) in [5, 5.41) is 3.00. The van der Waals surface area contributed by atoms with Gasteiger partial charge in [0.2, 0.25) is 0 Å². The monoisotopic (exact) mass is 420 g/mol. The Labute approximate surface area is 170 Å². The van der Waals surface area contributed by atoms with Gasteiger partial charge in [-0.1, -0.05) is 17.7 Å². The summed E-state index contributed by atoms with van der Waals surface area (Å²) in [5.74, 6) is 1.96. The number of rotatable bonds is 6. The summed E-state index contributed by atoms with van der Waals surface area (Å²) < 4.78 is 33.6. The first-order chi connectivity index (χ1) is 13.4. The van der Waals surface area contributed by atoms with Crippen molar-refractivity contribution in [2.75, 3.05) is 23.3 Å². The molecule has 1 heterocycles. The van der Waals surface area contributed by atoms with Gasteiger partial charge in [-0.3, -0.25) is 9.52 Å². The lowest BCUT2D eigenvalue weighted by atomic mass is 10.1. The molecular weight excluding hydrogens is 396 g/mol. The van der Waals surface area contributed by atoms with Crippen LogP contribution in [0.25, 0.3) is 0 Å². The van der Waals surface area contributed by atoms with E-state index in [9.17, 15) is 13.2 Å². The van der Waals surface area contributed by atoms with Gasteiger partial charge in [-0.15, -0.1) is 0 Å². The molecule has 2 aromatic rings. The number of carbonyl (C=O) groups excluding carboxylic acids is 1. The maximum Gasteiger partial charge on any atom is 0.265 e. The van der Waals surface area contributed by atoms with Crippen LogP contribution >= 0.6 is 11.8 Å². The van der Waals surface area contributed by atoms with Gasteiger partial charge >= 0.3 is 0 Å². The highest BCUT2D eigenvalue weighted by Crippen LogP contribution is 2.27. The maximum atomic E-state index is 12.9. The molecular formula is C20H24N2O4S2. The SMILES string of the molecule is COc1ccc(C(=O)NC2CCSCC2)cc1S(=O)(=O)Nc1ccc(C)cc1. The second-order valence-corrected chi connectivity index (χ2v) is 9.57. The van der Waals surface area contributed by atoms with Crippen molar-refractivity contribution in [2.24, 2.45) is 0 Å². The van der Waals surface area contributed by atoms with Crippen molar-refractivity contribution < 1.29 is 17.9 Å². The summed E-state index contributed by atoms with van der Waals surface area (Å²) in [6.07, 6.45) is 1.85. The van der Waals surface area contributed by atoms with Crippen LogP contribution in [0, 0.1) is 6.92 Å². The van der Waals surface area contributed by atoms with E-state index in [4.69, 9.17) is 4.74 Å². The predicted molar refractivity (Wildman–Crippen MR) is 113 cm³/mol. The number of amides is 1. The minimum Gasteiger partial charge on any atom is -0.495 e. The zero-order valence-corrected chi connectivity index (χ0v) is 17.5. The fraction of sp³-hybridized carbons (Fsp3) is 0.350. The minimum atomic E-state index is -3.92. The van der Waals surface area contributed by atoms with Gasteiger partial charge in [-0.2, -0.15) is 11.8 Å². The van der Waals surface area contributed by atoms with Crippen molar-refractivity contribution >= 4 is 33.4 Å². The number of anilines is 1. The number of aryl methyl sites for hydroxylation is 1. The number of hydrogen-bond donors (Lipinski definition) is 2. The highest BCUT2D eigenvalue weighted by atomic mass is 32.2. The third-order valence-corrected chi connectivity index (χ3v) is 7.03. The van der Waals surface area contributed by atoms with Crippen molar-refractivity contribution in [1.29, 1.82) is 0 Å². The van der Waals surface area contributed by atoms with E-state index in [1.807, 2.05) is 30.8 Å². The lowest BCUT2D eigenvalue weighted by molar-refractivity contribution is 0.0934. The summed E-state index contributed by atoms with van der Waals surface area (Å²) in [6, 6.07) is 11.6. The molecule has 0 atom stereocenters. The largest absolute Gasteiger partial charge is 0.495 e. The van der Waals surface area contributed by atoms with E-state index in [0.29, 0.717) is 11.3 Å². The van der Waals surface area contributed by atoms with Crippen LogP contribution < -0.4 is 14.8 Å². The Morgan fingerprint density at radius 2 is 1.79 bits per heavy atom. The van der Waals surface area contributed by atoms with Gasteiger partial charge in [0.05, 0.1) is 7.11 Å². The van der Waals surface area contributed by atoms with E-state index in [1.165, 1.54) is 19.2 Å². The number of benzene rings is 2. The second-order valence-electron chi connectivity index (χ2n) is 6.70. The molecule has 150 valence electrons.